The van der Waals surface area contributed by atoms with Crippen LogP contribution in [0.5, 0.6) is 0 Å². The summed E-state index contributed by atoms with van der Waals surface area (Å²) in [7, 11) is 0. The van der Waals surface area contributed by atoms with E-state index in [1.165, 1.54) is 22.1 Å². The zero-order valence-corrected chi connectivity index (χ0v) is 11.4. The van der Waals surface area contributed by atoms with E-state index in [-0.39, 0.29) is 0 Å². The lowest BCUT2D eigenvalue weighted by Crippen LogP contribution is -1.93. The zero-order valence-electron chi connectivity index (χ0n) is 11.4. The molecule has 0 radical (unpaired) electrons. The molecule has 0 saturated carbocycles. The standard InChI is InChI=1S/C17H18N2/c1-12(2)11-13-3-5-14(6-4-13)15-7-9-18-17-16(15)8-10-19-17/h3-10,12H,11H2,1-2H3,(H,18,19). The van der Waals surface area contributed by atoms with E-state index in [0.29, 0.717) is 5.92 Å². The smallest absolute Gasteiger partial charge is 0.137 e. The van der Waals surface area contributed by atoms with Crippen LogP contribution in [0.4, 0.5) is 0 Å². The summed E-state index contributed by atoms with van der Waals surface area (Å²) >= 11 is 0. The molecule has 2 nitrogen and oxygen atoms in total. The number of H-pyrrole nitrogens is 1. The number of pyridine rings is 1. The molecule has 0 unspecified atom stereocenters. The third kappa shape index (κ3) is 2.39. The van der Waals surface area contributed by atoms with Gasteiger partial charge in [0, 0.05) is 17.8 Å². The summed E-state index contributed by atoms with van der Waals surface area (Å²) < 4.78 is 0. The lowest BCUT2D eigenvalue weighted by atomic mass is 9.98. The highest BCUT2D eigenvalue weighted by molar-refractivity contribution is 5.92. The minimum absolute atomic E-state index is 0.697. The second-order valence-corrected chi connectivity index (χ2v) is 5.39. The van der Waals surface area contributed by atoms with E-state index in [9.17, 15) is 0 Å². The lowest BCUT2D eigenvalue weighted by molar-refractivity contribution is 0.647. The average molecular weight is 250 g/mol. The van der Waals surface area contributed by atoms with E-state index in [1.807, 2.05) is 12.4 Å². The van der Waals surface area contributed by atoms with Crippen molar-refractivity contribution in [3.05, 3.63) is 54.4 Å². The Bertz CT molecular complexity index is 678. The van der Waals surface area contributed by atoms with E-state index in [4.69, 9.17) is 0 Å². The first-order valence-electron chi connectivity index (χ1n) is 6.75. The Morgan fingerprint density at radius 2 is 1.84 bits per heavy atom. The number of aromatic nitrogens is 2. The van der Waals surface area contributed by atoms with Crippen LogP contribution in [0.1, 0.15) is 19.4 Å². The maximum absolute atomic E-state index is 4.33. The van der Waals surface area contributed by atoms with Gasteiger partial charge in [0.25, 0.3) is 0 Å². The summed E-state index contributed by atoms with van der Waals surface area (Å²) in [5, 5.41) is 1.18. The first-order valence-corrected chi connectivity index (χ1v) is 6.75. The fourth-order valence-electron chi connectivity index (χ4n) is 2.50. The summed E-state index contributed by atoms with van der Waals surface area (Å²) in [5.74, 6) is 0.697. The Hall–Kier alpha value is -2.09. The van der Waals surface area contributed by atoms with E-state index in [0.717, 1.165) is 12.1 Å². The van der Waals surface area contributed by atoms with Crippen LogP contribution in [0.3, 0.4) is 0 Å². The van der Waals surface area contributed by atoms with Crippen molar-refractivity contribution in [1.29, 1.82) is 0 Å². The summed E-state index contributed by atoms with van der Waals surface area (Å²) in [6, 6.07) is 13.0. The van der Waals surface area contributed by atoms with E-state index in [1.54, 1.807) is 0 Å². The molecule has 0 saturated heterocycles. The van der Waals surface area contributed by atoms with Crippen LogP contribution in [-0.2, 0) is 6.42 Å². The van der Waals surface area contributed by atoms with Crippen molar-refractivity contribution in [3.63, 3.8) is 0 Å². The number of hydrogen-bond acceptors (Lipinski definition) is 1. The van der Waals surface area contributed by atoms with Crippen molar-refractivity contribution in [3.8, 4) is 11.1 Å². The number of fused-ring (bicyclic) bond motifs is 1. The highest BCUT2D eigenvalue weighted by Crippen LogP contribution is 2.27. The van der Waals surface area contributed by atoms with E-state index < -0.39 is 0 Å². The van der Waals surface area contributed by atoms with Gasteiger partial charge in [-0.1, -0.05) is 38.1 Å². The number of rotatable bonds is 3. The molecule has 2 heteroatoms. The Kier molecular flexibility index (Phi) is 3.08. The summed E-state index contributed by atoms with van der Waals surface area (Å²) in [6.45, 7) is 4.50. The molecule has 1 aromatic carbocycles. The monoisotopic (exact) mass is 250 g/mol. The highest BCUT2D eigenvalue weighted by Gasteiger charge is 2.05. The minimum atomic E-state index is 0.697. The fourth-order valence-corrected chi connectivity index (χ4v) is 2.50. The van der Waals surface area contributed by atoms with Gasteiger partial charge in [-0.2, -0.15) is 0 Å². The Balaban J connectivity index is 2.00. The van der Waals surface area contributed by atoms with Gasteiger partial charge < -0.3 is 4.98 Å². The second kappa shape index (κ2) is 4.88. The van der Waals surface area contributed by atoms with Crippen molar-refractivity contribution in [2.75, 3.05) is 0 Å². The normalized spacial score (nSPS) is 11.3. The average Bonchev–Trinajstić information content (AvgIpc) is 2.87. The molecule has 0 spiro atoms. The maximum Gasteiger partial charge on any atom is 0.137 e. The molecule has 1 N–H and O–H groups in total. The maximum atomic E-state index is 4.33. The molecule has 0 aliphatic carbocycles. The Morgan fingerprint density at radius 3 is 2.58 bits per heavy atom. The molecule has 0 aliphatic heterocycles. The van der Waals surface area contributed by atoms with Crippen LogP contribution in [0, 0.1) is 5.92 Å². The summed E-state index contributed by atoms with van der Waals surface area (Å²) in [5.41, 5.74) is 4.84. The van der Waals surface area contributed by atoms with Crippen molar-refractivity contribution in [1.82, 2.24) is 9.97 Å². The molecule has 96 valence electrons. The van der Waals surface area contributed by atoms with Crippen LogP contribution in [0.15, 0.2) is 48.8 Å². The Morgan fingerprint density at radius 1 is 1.05 bits per heavy atom. The minimum Gasteiger partial charge on any atom is -0.346 e. The first-order chi connectivity index (χ1) is 9.24. The van der Waals surface area contributed by atoms with Crippen molar-refractivity contribution >= 4 is 11.0 Å². The van der Waals surface area contributed by atoms with E-state index in [2.05, 4.69) is 60.2 Å². The molecule has 3 rings (SSSR count). The third-order valence-electron chi connectivity index (χ3n) is 3.37. The van der Waals surface area contributed by atoms with Gasteiger partial charge in [-0.05, 0) is 41.2 Å². The number of nitrogens with one attached hydrogen (secondary N) is 1. The third-order valence-corrected chi connectivity index (χ3v) is 3.37. The second-order valence-electron chi connectivity index (χ2n) is 5.39. The number of benzene rings is 1. The SMILES string of the molecule is CC(C)Cc1ccc(-c2ccnc3[nH]ccc23)cc1. The van der Waals surface area contributed by atoms with Crippen LogP contribution < -0.4 is 0 Å². The molecular formula is C17H18N2. The molecule has 0 bridgehead atoms. The van der Waals surface area contributed by atoms with Gasteiger partial charge in [0.2, 0.25) is 0 Å². The van der Waals surface area contributed by atoms with Gasteiger partial charge in [0.15, 0.2) is 0 Å². The lowest BCUT2D eigenvalue weighted by Gasteiger charge is -2.07. The number of nitrogens with zero attached hydrogens (tertiary/aromatic N) is 1. The Labute approximate surface area is 113 Å². The van der Waals surface area contributed by atoms with Crippen molar-refractivity contribution in [2.45, 2.75) is 20.3 Å². The largest absolute Gasteiger partial charge is 0.346 e. The predicted octanol–water partition coefficient (Wildman–Crippen LogP) is 4.43. The number of aromatic amines is 1. The van der Waals surface area contributed by atoms with Crippen molar-refractivity contribution in [2.24, 2.45) is 5.92 Å². The summed E-state index contributed by atoms with van der Waals surface area (Å²) in [6.07, 6.45) is 4.93. The number of hydrogen-bond donors (Lipinski definition) is 1. The van der Waals surface area contributed by atoms with E-state index >= 15 is 0 Å². The molecular weight excluding hydrogens is 232 g/mol. The predicted molar refractivity (Wildman–Crippen MR) is 80.1 cm³/mol. The summed E-state index contributed by atoms with van der Waals surface area (Å²) in [4.78, 5) is 7.48. The molecule has 0 amide bonds. The van der Waals surface area contributed by atoms with Crippen LogP contribution in [0.2, 0.25) is 0 Å². The van der Waals surface area contributed by atoms with Gasteiger partial charge in [0.1, 0.15) is 5.65 Å². The zero-order chi connectivity index (χ0) is 13.2. The molecule has 19 heavy (non-hydrogen) atoms. The van der Waals surface area contributed by atoms with Gasteiger partial charge in [0.05, 0.1) is 0 Å². The highest BCUT2D eigenvalue weighted by atomic mass is 14.8. The quantitative estimate of drug-likeness (QED) is 0.732. The molecule has 0 fully saturated rings. The van der Waals surface area contributed by atoms with Gasteiger partial charge >= 0.3 is 0 Å². The van der Waals surface area contributed by atoms with Gasteiger partial charge in [-0.3, -0.25) is 0 Å². The first kappa shape index (κ1) is 12.0. The van der Waals surface area contributed by atoms with Crippen LogP contribution in [-0.4, -0.2) is 9.97 Å². The topological polar surface area (TPSA) is 28.7 Å². The molecule has 2 aromatic heterocycles. The van der Waals surface area contributed by atoms with Gasteiger partial charge in [-0.15, -0.1) is 0 Å². The van der Waals surface area contributed by atoms with Gasteiger partial charge in [-0.25, -0.2) is 4.98 Å². The molecule has 2 heterocycles. The van der Waals surface area contributed by atoms with Crippen LogP contribution >= 0.6 is 0 Å². The molecule has 0 atom stereocenters. The molecule has 0 aliphatic rings. The van der Waals surface area contributed by atoms with Crippen LogP contribution in [0.25, 0.3) is 22.2 Å². The molecule has 3 aromatic rings. The fraction of sp³-hybridized carbons (Fsp3) is 0.235. The van der Waals surface area contributed by atoms with Crippen molar-refractivity contribution < 1.29 is 0 Å².